The van der Waals surface area contributed by atoms with E-state index >= 15 is 0 Å². The van der Waals surface area contributed by atoms with Crippen molar-refractivity contribution >= 4 is 140 Å². The average molecular weight is 1750 g/mol. The molecule has 24 nitrogen and oxygen atoms in total. The van der Waals surface area contributed by atoms with E-state index in [0.717, 1.165) is 56.8 Å². The summed E-state index contributed by atoms with van der Waals surface area (Å²) in [5.41, 5.74) is 13.4. The first-order chi connectivity index (χ1) is 53.1. The number of carbonyl (C=O) groups excluding carboxylic acids is 3. The zero-order chi connectivity index (χ0) is 78.4. The van der Waals surface area contributed by atoms with Crippen molar-refractivity contribution in [2.75, 3.05) is 44.1 Å². The molecule has 11 aromatic rings. The number of benzene rings is 5. The monoisotopic (exact) mass is 1740 g/mol. The number of carbonyl (C=O) groups is 4. The smallest absolute Gasteiger partial charge is 0.332 e. The van der Waals surface area contributed by atoms with E-state index in [0.29, 0.717) is 135 Å². The van der Waals surface area contributed by atoms with Gasteiger partial charge in [-0.05, 0) is 139 Å². The van der Waals surface area contributed by atoms with Crippen molar-refractivity contribution in [1.29, 1.82) is 0 Å². The number of halogens is 5. The van der Waals surface area contributed by atoms with E-state index in [2.05, 4.69) is 117 Å². The molecule has 11 heterocycles. The van der Waals surface area contributed by atoms with Crippen LogP contribution in [0, 0.1) is 36.0 Å². The number of ketones is 2. The molecule has 5 aliphatic heterocycles. The number of hydrogen-bond donors (Lipinski definition) is 3. The number of terminal acetylenes is 1. The van der Waals surface area contributed by atoms with Crippen LogP contribution in [0.3, 0.4) is 0 Å². The number of carboxylic acids is 1. The van der Waals surface area contributed by atoms with E-state index in [4.69, 9.17) is 36.2 Å². The molecule has 0 bridgehead atoms. The highest BCUT2D eigenvalue weighted by Gasteiger charge is 2.30. The predicted octanol–water partition coefficient (Wildman–Crippen LogP) is 13.7. The fourth-order valence-corrected chi connectivity index (χ4v) is 12.0. The van der Waals surface area contributed by atoms with Crippen LogP contribution in [-0.2, 0) is 54.4 Å². The SMILES string of the molecule is C#Cc1ccccn1.CCC(=O)c1ccc(Br)cc1N.CCC(=O)c1ccc(Br)cc1NC(=O)C1CCO1.Cl.Cl.Cn1c(C2CCO2)nc2cc(Br)ccc2c1=O.Cn1c(C2CCO2)nc2cc(C#Cc3ccccn3)ccc2c1=O.Cn1c(C2CCO2)nc2cc(C#Cc3ccccn3)ccc2c1=O.O=C(O)C1CCO1. The number of nitrogen functional groups attached to an aromatic ring is 1. The van der Waals surface area contributed by atoms with E-state index in [1.54, 1.807) is 115 Å². The molecule has 112 heavy (non-hydrogen) atoms. The molecule has 0 spiro atoms. The van der Waals surface area contributed by atoms with E-state index in [-0.39, 0.29) is 83.4 Å². The van der Waals surface area contributed by atoms with Gasteiger partial charge in [0.2, 0.25) is 0 Å². The summed E-state index contributed by atoms with van der Waals surface area (Å²) in [5, 5.41) is 12.7. The molecule has 5 aliphatic rings. The van der Waals surface area contributed by atoms with Gasteiger partial charge in [0.1, 0.15) is 59.0 Å². The molecule has 16 rings (SSSR count). The summed E-state index contributed by atoms with van der Waals surface area (Å²) < 4.78 is 33.4. The van der Waals surface area contributed by atoms with Gasteiger partial charge >= 0.3 is 5.97 Å². The Balaban J connectivity index is 0.000000169. The Hall–Kier alpha value is -10.5. The molecule has 5 aromatic carbocycles. The fraction of sp³-hybridized carbons (Fsp3) is 0.265. The van der Waals surface area contributed by atoms with Crippen molar-refractivity contribution in [3.63, 3.8) is 0 Å². The number of pyridine rings is 3. The summed E-state index contributed by atoms with van der Waals surface area (Å²) in [7, 11) is 5.22. The molecule has 5 unspecified atom stereocenters. The van der Waals surface area contributed by atoms with Gasteiger partial charge in [0.05, 0.1) is 71.4 Å². The molecule has 1 amide bonds. The molecule has 29 heteroatoms. The maximum absolute atomic E-state index is 12.5. The second-order valence-electron chi connectivity index (χ2n) is 25.0. The molecule has 0 saturated carbocycles. The highest BCUT2D eigenvalue weighted by atomic mass is 79.9. The van der Waals surface area contributed by atoms with Crippen molar-refractivity contribution in [3.8, 4) is 36.0 Å². The largest absolute Gasteiger partial charge is 0.479 e. The number of nitrogens with zero attached hydrogens (tertiary/aromatic N) is 9. The van der Waals surface area contributed by atoms with Crippen LogP contribution in [0.2, 0.25) is 0 Å². The van der Waals surface area contributed by atoms with Crippen LogP contribution in [0.4, 0.5) is 11.4 Å². The van der Waals surface area contributed by atoms with Crippen molar-refractivity contribution < 1.29 is 48.0 Å². The van der Waals surface area contributed by atoms with Crippen LogP contribution >= 0.6 is 72.6 Å². The Morgan fingerprint density at radius 3 is 1.20 bits per heavy atom. The lowest BCUT2D eigenvalue weighted by atomic mass is 10.1. The number of ether oxygens (including phenoxy) is 5. The second kappa shape index (κ2) is 42.3. The van der Waals surface area contributed by atoms with Crippen LogP contribution in [0.15, 0.2) is 192 Å². The molecular weight excluding hydrogens is 1670 g/mol. The summed E-state index contributed by atoms with van der Waals surface area (Å²) in [6, 6.07) is 43.6. The summed E-state index contributed by atoms with van der Waals surface area (Å²) in [6.45, 7) is 7.03. The van der Waals surface area contributed by atoms with Gasteiger partial charge in [-0.1, -0.05) is 97.6 Å². The Kier molecular flexibility index (Phi) is 32.9. The first-order valence-corrected chi connectivity index (χ1v) is 37.4. The van der Waals surface area contributed by atoms with E-state index < -0.39 is 12.1 Å². The molecular formula is C83H78Br3Cl2N11O13. The first-order valence-electron chi connectivity index (χ1n) is 35.1. The van der Waals surface area contributed by atoms with Crippen molar-refractivity contribution in [2.45, 2.75) is 89.3 Å². The number of hydrogen-bond acceptors (Lipinski definition) is 19. The average Bonchev–Trinajstić information content (AvgIpc) is 0.785. The minimum Gasteiger partial charge on any atom is -0.479 e. The van der Waals surface area contributed by atoms with Gasteiger partial charge in [-0.15, -0.1) is 31.2 Å². The van der Waals surface area contributed by atoms with Crippen molar-refractivity contribution in [2.24, 2.45) is 21.1 Å². The molecule has 0 radical (unpaired) electrons. The van der Waals surface area contributed by atoms with Crippen LogP contribution in [-0.4, -0.2) is 117 Å². The summed E-state index contributed by atoms with van der Waals surface area (Å²) in [5.74, 6) is 15.7. The zero-order valence-corrected chi connectivity index (χ0v) is 67.8. The number of nitrogens with one attached hydrogen (secondary N) is 1. The number of aromatic nitrogens is 9. The number of nitrogens with two attached hydrogens (primary N) is 1. The number of Topliss-reactive ketones (excluding diaryl/α,β-unsaturated/α-hetero) is 2. The minimum absolute atomic E-state index is 0. The van der Waals surface area contributed by atoms with Crippen LogP contribution in [0.25, 0.3) is 32.7 Å². The lowest BCUT2D eigenvalue weighted by molar-refractivity contribution is -0.162. The van der Waals surface area contributed by atoms with E-state index in [9.17, 15) is 33.6 Å². The van der Waals surface area contributed by atoms with Gasteiger partial charge in [0.25, 0.3) is 22.6 Å². The summed E-state index contributed by atoms with van der Waals surface area (Å²) >= 11 is 10.00. The van der Waals surface area contributed by atoms with Gasteiger partial charge in [-0.3, -0.25) is 42.5 Å². The van der Waals surface area contributed by atoms with Gasteiger partial charge in [-0.2, -0.15) is 0 Å². The Morgan fingerprint density at radius 2 is 0.857 bits per heavy atom. The van der Waals surface area contributed by atoms with Gasteiger partial charge in [0, 0.05) is 126 Å². The Bertz CT molecular complexity index is 5390. The quantitative estimate of drug-likeness (QED) is 0.0650. The van der Waals surface area contributed by atoms with Crippen LogP contribution < -0.4 is 27.7 Å². The van der Waals surface area contributed by atoms with Gasteiger partial charge in [0.15, 0.2) is 17.7 Å². The normalized spacial score (nSPS) is 16.2. The lowest BCUT2D eigenvalue weighted by Gasteiger charge is -2.27. The number of fused-ring (bicyclic) bond motifs is 3. The first kappa shape index (κ1) is 87.1. The second-order valence-corrected chi connectivity index (χ2v) is 27.7. The molecule has 5 saturated heterocycles. The standard InChI is InChI=1S/2C19H15N3O2.C13H14BrNO3.C12H11BrN2O2.C9H10BrNO.C7H5N.C4H6O3.2ClH/c2*1-22-18(17-9-11-24-17)21-16-12-13(6-8-15(16)19(22)23)5-7-14-4-2-3-10-20-14;1-2-11(16)9-4-3-8(14)7-10(9)15-13(17)12-5-6-18-12;1-15-11(10-4-5-17-10)14-9-6-7(13)2-3-8(9)12(15)16;1-2-9(12)7-4-3-6(10)5-8(7)11;1-2-7-5-3-4-6-8-7;5-4(6)3-1-2-7-3;;/h2*2-4,6,8,10,12,17H,9,11H2,1H3;3-4,7,12H,2,5-6H2,1H3,(H,15,17);2-3,6,10H,4-5H2,1H3;3-5H,2,11H2,1H3;1,3-6H;3H,1-2H2,(H,5,6);2*1H. The van der Waals surface area contributed by atoms with E-state index in [1.807, 2.05) is 97.9 Å². The third kappa shape index (κ3) is 23.1. The molecule has 5 fully saturated rings. The number of amides is 1. The summed E-state index contributed by atoms with van der Waals surface area (Å²) in [6.07, 6.45) is 14.1. The van der Waals surface area contributed by atoms with Gasteiger partial charge in [-0.25, -0.2) is 34.7 Å². The van der Waals surface area contributed by atoms with E-state index in [1.165, 1.54) is 0 Å². The maximum atomic E-state index is 12.5. The third-order valence-electron chi connectivity index (χ3n) is 17.5. The molecule has 4 N–H and O–H groups in total. The Morgan fingerprint density at radius 1 is 0.491 bits per heavy atom. The van der Waals surface area contributed by atoms with Crippen LogP contribution in [0.1, 0.15) is 144 Å². The Labute approximate surface area is 682 Å². The molecule has 0 aliphatic carbocycles. The fourth-order valence-electron chi connectivity index (χ4n) is 10.9. The summed E-state index contributed by atoms with van der Waals surface area (Å²) in [4.78, 5) is 108. The maximum Gasteiger partial charge on any atom is 0.332 e. The van der Waals surface area contributed by atoms with Crippen molar-refractivity contribution in [1.82, 2.24) is 43.6 Å². The lowest BCUT2D eigenvalue weighted by Crippen LogP contribution is -2.39. The third-order valence-corrected chi connectivity index (χ3v) is 19.0. The highest BCUT2D eigenvalue weighted by molar-refractivity contribution is 9.11. The van der Waals surface area contributed by atoms with Crippen LogP contribution in [0.5, 0.6) is 0 Å². The molecule has 578 valence electrons. The number of anilines is 2. The number of rotatable bonds is 10. The number of aliphatic carboxylic acids is 1. The predicted molar refractivity (Wildman–Crippen MR) is 443 cm³/mol. The molecule has 6 aromatic heterocycles. The van der Waals surface area contributed by atoms with Gasteiger partial charge < -0.3 is 39.8 Å². The highest BCUT2D eigenvalue weighted by Crippen LogP contribution is 2.31. The number of carboxylic acid groups (broad SMARTS) is 1. The zero-order valence-electron chi connectivity index (χ0n) is 61.4. The van der Waals surface area contributed by atoms with Crippen molar-refractivity contribution in [3.05, 3.63) is 265 Å². The topological polar surface area (TPSA) is 316 Å². The molecule has 5 atom stereocenters. The minimum atomic E-state index is -0.841.